The second-order valence-electron chi connectivity index (χ2n) is 3.97. The number of likely N-dealkylation sites (N-methyl/N-ethyl adjacent to an activating group) is 1. The standard InChI is InChI=1S/C13H15Cl3N2O/c1-3-18(7-9(2)14)8-12(19)17-13-10(15)5-4-6-11(13)16/h4-6H,2-3,7-8H2,1H3,(H,17,19). The van der Waals surface area contributed by atoms with Gasteiger partial charge < -0.3 is 5.32 Å². The number of benzene rings is 1. The number of nitrogens with zero attached hydrogens (tertiary/aromatic N) is 1. The number of para-hydroxylation sites is 1. The van der Waals surface area contributed by atoms with Gasteiger partial charge in [0.2, 0.25) is 5.91 Å². The molecule has 0 fully saturated rings. The van der Waals surface area contributed by atoms with Gasteiger partial charge in [-0.15, -0.1) is 0 Å². The van der Waals surface area contributed by atoms with Crippen LogP contribution >= 0.6 is 34.8 Å². The molecule has 1 amide bonds. The van der Waals surface area contributed by atoms with Crippen molar-refractivity contribution in [1.29, 1.82) is 0 Å². The van der Waals surface area contributed by atoms with Gasteiger partial charge in [-0.25, -0.2) is 0 Å². The molecular weight excluding hydrogens is 307 g/mol. The molecule has 6 heteroatoms. The molecule has 1 rings (SSSR count). The minimum Gasteiger partial charge on any atom is -0.322 e. The quantitative estimate of drug-likeness (QED) is 0.858. The fourth-order valence-corrected chi connectivity index (χ4v) is 2.18. The van der Waals surface area contributed by atoms with Crippen LogP contribution in [-0.2, 0) is 4.79 Å². The lowest BCUT2D eigenvalue weighted by molar-refractivity contribution is -0.117. The number of nitrogens with one attached hydrogen (secondary N) is 1. The average Bonchev–Trinajstić information content (AvgIpc) is 2.32. The molecule has 1 aromatic rings. The van der Waals surface area contributed by atoms with Crippen molar-refractivity contribution in [3.63, 3.8) is 0 Å². The molecule has 0 saturated heterocycles. The molecule has 19 heavy (non-hydrogen) atoms. The third-order valence-corrected chi connectivity index (χ3v) is 3.19. The first-order chi connectivity index (χ1) is 8.93. The fourth-order valence-electron chi connectivity index (χ4n) is 1.52. The van der Waals surface area contributed by atoms with E-state index in [2.05, 4.69) is 11.9 Å². The van der Waals surface area contributed by atoms with E-state index < -0.39 is 0 Å². The van der Waals surface area contributed by atoms with Gasteiger partial charge >= 0.3 is 0 Å². The van der Waals surface area contributed by atoms with Gasteiger partial charge in [0.05, 0.1) is 22.3 Å². The summed E-state index contributed by atoms with van der Waals surface area (Å²) in [6.45, 7) is 6.90. The van der Waals surface area contributed by atoms with Gasteiger partial charge in [-0.3, -0.25) is 9.69 Å². The maximum Gasteiger partial charge on any atom is 0.238 e. The highest BCUT2D eigenvalue weighted by molar-refractivity contribution is 6.39. The van der Waals surface area contributed by atoms with Crippen LogP contribution in [0.2, 0.25) is 10.0 Å². The Balaban J connectivity index is 2.67. The molecule has 0 spiro atoms. The number of hydrogen-bond donors (Lipinski definition) is 1. The summed E-state index contributed by atoms with van der Waals surface area (Å²) in [5, 5.41) is 4.01. The zero-order valence-corrected chi connectivity index (χ0v) is 12.8. The molecule has 3 nitrogen and oxygen atoms in total. The summed E-state index contributed by atoms with van der Waals surface area (Å²) in [6, 6.07) is 5.05. The van der Waals surface area contributed by atoms with E-state index in [0.717, 1.165) is 0 Å². The lowest BCUT2D eigenvalue weighted by Gasteiger charge is -2.19. The Morgan fingerprint density at radius 2 is 1.89 bits per heavy atom. The van der Waals surface area contributed by atoms with Crippen LogP contribution in [0.5, 0.6) is 0 Å². The van der Waals surface area contributed by atoms with Gasteiger partial charge in [0.1, 0.15) is 0 Å². The first-order valence-electron chi connectivity index (χ1n) is 5.73. The van der Waals surface area contributed by atoms with E-state index in [-0.39, 0.29) is 12.5 Å². The van der Waals surface area contributed by atoms with E-state index in [0.29, 0.717) is 33.9 Å². The van der Waals surface area contributed by atoms with Crippen LogP contribution in [0, 0.1) is 0 Å². The minimum absolute atomic E-state index is 0.198. The number of carbonyl (C=O) groups is 1. The Morgan fingerprint density at radius 3 is 2.37 bits per heavy atom. The summed E-state index contributed by atoms with van der Waals surface area (Å²) < 4.78 is 0. The van der Waals surface area contributed by atoms with Crippen LogP contribution in [0.15, 0.2) is 29.8 Å². The van der Waals surface area contributed by atoms with Crippen molar-refractivity contribution >= 4 is 46.4 Å². The summed E-state index contributed by atoms with van der Waals surface area (Å²) >= 11 is 17.7. The maximum atomic E-state index is 11.9. The maximum absolute atomic E-state index is 11.9. The molecule has 0 aliphatic carbocycles. The Morgan fingerprint density at radius 1 is 1.32 bits per heavy atom. The number of carbonyl (C=O) groups excluding carboxylic acids is 1. The highest BCUT2D eigenvalue weighted by atomic mass is 35.5. The Hall–Kier alpha value is -0.740. The molecule has 0 unspecified atom stereocenters. The summed E-state index contributed by atoms with van der Waals surface area (Å²) in [5.41, 5.74) is 0.427. The highest BCUT2D eigenvalue weighted by Crippen LogP contribution is 2.29. The van der Waals surface area contributed by atoms with Crippen LogP contribution < -0.4 is 5.32 Å². The largest absolute Gasteiger partial charge is 0.322 e. The van der Waals surface area contributed by atoms with Gasteiger partial charge in [0, 0.05) is 11.6 Å². The molecule has 0 bridgehead atoms. The van der Waals surface area contributed by atoms with Gasteiger partial charge in [0.15, 0.2) is 0 Å². The van der Waals surface area contributed by atoms with Crippen LogP contribution in [0.25, 0.3) is 0 Å². The zero-order valence-electron chi connectivity index (χ0n) is 10.5. The molecule has 0 saturated carbocycles. The van der Waals surface area contributed by atoms with Crippen molar-refractivity contribution in [3.05, 3.63) is 39.9 Å². The second-order valence-corrected chi connectivity index (χ2v) is 5.31. The minimum atomic E-state index is -0.199. The molecular formula is C13H15Cl3N2O. The molecule has 1 aromatic carbocycles. The first kappa shape index (κ1) is 16.3. The molecule has 104 valence electrons. The number of rotatable bonds is 6. The van der Waals surface area contributed by atoms with Crippen LogP contribution in [0.4, 0.5) is 5.69 Å². The number of amides is 1. The molecule has 0 aliphatic rings. The van der Waals surface area contributed by atoms with Gasteiger partial charge in [-0.1, -0.05) is 54.4 Å². The molecule has 0 aliphatic heterocycles. The van der Waals surface area contributed by atoms with Gasteiger partial charge in [-0.2, -0.15) is 0 Å². The van der Waals surface area contributed by atoms with E-state index in [9.17, 15) is 4.79 Å². The summed E-state index contributed by atoms with van der Waals surface area (Å²) in [4.78, 5) is 13.8. The van der Waals surface area contributed by atoms with Gasteiger partial charge in [-0.05, 0) is 18.7 Å². The van der Waals surface area contributed by atoms with E-state index in [4.69, 9.17) is 34.8 Å². The first-order valence-corrected chi connectivity index (χ1v) is 6.87. The topological polar surface area (TPSA) is 32.3 Å². The Kier molecular flexibility index (Phi) is 6.66. The third-order valence-electron chi connectivity index (χ3n) is 2.44. The molecule has 1 N–H and O–H groups in total. The molecule has 0 heterocycles. The fraction of sp³-hybridized carbons (Fsp3) is 0.308. The predicted octanol–water partition coefficient (Wildman–Crippen LogP) is 4.01. The Bertz CT molecular complexity index is 457. The number of halogens is 3. The van der Waals surface area contributed by atoms with Crippen molar-refractivity contribution in [2.75, 3.05) is 25.0 Å². The molecule has 0 aromatic heterocycles. The van der Waals surface area contributed by atoms with E-state index in [1.807, 2.05) is 11.8 Å². The van der Waals surface area contributed by atoms with E-state index in [1.54, 1.807) is 18.2 Å². The van der Waals surface area contributed by atoms with Crippen molar-refractivity contribution in [2.24, 2.45) is 0 Å². The SMILES string of the molecule is C=C(Cl)CN(CC)CC(=O)Nc1c(Cl)cccc1Cl. The van der Waals surface area contributed by atoms with Crippen molar-refractivity contribution < 1.29 is 4.79 Å². The summed E-state index contributed by atoms with van der Waals surface area (Å²) in [6.07, 6.45) is 0. The lowest BCUT2D eigenvalue weighted by Crippen LogP contribution is -2.34. The molecule has 0 atom stereocenters. The Labute approximate surface area is 128 Å². The number of hydrogen-bond acceptors (Lipinski definition) is 2. The van der Waals surface area contributed by atoms with Gasteiger partial charge in [0.25, 0.3) is 0 Å². The lowest BCUT2D eigenvalue weighted by atomic mass is 10.3. The van der Waals surface area contributed by atoms with Crippen molar-refractivity contribution in [1.82, 2.24) is 4.90 Å². The second kappa shape index (κ2) is 7.75. The number of anilines is 1. The summed E-state index contributed by atoms with van der Waals surface area (Å²) in [5.74, 6) is -0.199. The zero-order chi connectivity index (χ0) is 14.4. The van der Waals surface area contributed by atoms with Crippen molar-refractivity contribution in [3.8, 4) is 0 Å². The summed E-state index contributed by atoms with van der Waals surface area (Å²) in [7, 11) is 0. The normalized spacial score (nSPS) is 10.6. The van der Waals surface area contributed by atoms with Crippen LogP contribution in [0.3, 0.4) is 0 Å². The predicted molar refractivity (Wildman–Crippen MR) is 82.2 cm³/mol. The third kappa shape index (κ3) is 5.41. The van der Waals surface area contributed by atoms with Crippen molar-refractivity contribution in [2.45, 2.75) is 6.92 Å². The van der Waals surface area contributed by atoms with E-state index >= 15 is 0 Å². The smallest absolute Gasteiger partial charge is 0.238 e. The monoisotopic (exact) mass is 320 g/mol. The average molecular weight is 322 g/mol. The van der Waals surface area contributed by atoms with E-state index in [1.165, 1.54) is 0 Å². The molecule has 0 radical (unpaired) electrons. The van der Waals surface area contributed by atoms with Crippen LogP contribution in [-0.4, -0.2) is 30.4 Å². The van der Waals surface area contributed by atoms with Crippen LogP contribution in [0.1, 0.15) is 6.92 Å². The highest BCUT2D eigenvalue weighted by Gasteiger charge is 2.13.